The molecule has 0 bridgehead atoms. The molecule has 4 nitrogen and oxygen atoms in total. The molecule has 0 aliphatic heterocycles. The summed E-state index contributed by atoms with van der Waals surface area (Å²) in [4.78, 5) is 11.5. The van der Waals surface area contributed by atoms with E-state index in [4.69, 9.17) is 4.74 Å². The number of benzene rings is 1. The molecule has 0 aliphatic carbocycles. The summed E-state index contributed by atoms with van der Waals surface area (Å²) in [6, 6.07) is 7.05. The van der Waals surface area contributed by atoms with Crippen LogP contribution in [-0.2, 0) is 9.53 Å². The number of halogens is 2. The number of esters is 1. The second-order valence-electron chi connectivity index (χ2n) is 6.70. The van der Waals surface area contributed by atoms with Crippen molar-refractivity contribution in [1.29, 1.82) is 0 Å². The zero-order chi connectivity index (χ0) is 18.5. The van der Waals surface area contributed by atoms with E-state index in [1.54, 1.807) is 32.9 Å². The summed E-state index contributed by atoms with van der Waals surface area (Å²) in [5.41, 5.74) is 0.818. The molecule has 1 aromatic carbocycles. The molecule has 0 radical (unpaired) electrons. The Morgan fingerprint density at radius 1 is 1.21 bits per heavy atom. The van der Waals surface area contributed by atoms with E-state index in [-0.39, 0.29) is 0 Å². The Morgan fingerprint density at radius 3 is 2.25 bits per heavy atom. The van der Waals surface area contributed by atoms with Gasteiger partial charge in [0.15, 0.2) is 0 Å². The number of aryl methyl sites for hydroxylation is 1. The van der Waals surface area contributed by atoms with Crippen molar-refractivity contribution in [2.45, 2.75) is 57.8 Å². The normalized spacial score (nSPS) is 15.3. The van der Waals surface area contributed by atoms with Gasteiger partial charge in [-0.2, -0.15) is 0 Å². The fourth-order valence-electron chi connectivity index (χ4n) is 1.88. The van der Waals surface area contributed by atoms with Crippen LogP contribution in [0.1, 0.15) is 38.3 Å². The average molecular weight is 342 g/mol. The number of aliphatic hydroxyl groups excluding tert-OH is 2. The van der Waals surface area contributed by atoms with Gasteiger partial charge in [0.05, 0.1) is 6.42 Å². The highest BCUT2D eigenvalue weighted by atomic mass is 19.3. The Hall–Kier alpha value is -1.79. The third kappa shape index (κ3) is 6.37. The molecule has 0 saturated heterocycles. The first-order chi connectivity index (χ1) is 10.9. The minimum Gasteiger partial charge on any atom is -0.460 e. The van der Waals surface area contributed by atoms with Crippen LogP contribution in [0.4, 0.5) is 8.78 Å². The predicted octanol–water partition coefficient (Wildman–Crippen LogP) is 3.10. The maximum absolute atomic E-state index is 14.0. The van der Waals surface area contributed by atoms with E-state index in [1.807, 2.05) is 19.1 Å². The Kier molecular flexibility index (Phi) is 6.63. The van der Waals surface area contributed by atoms with Crippen molar-refractivity contribution in [3.05, 3.63) is 41.5 Å². The highest BCUT2D eigenvalue weighted by molar-refractivity contribution is 5.70. The number of hydrogen-bond acceptors (Lipinski definition) is 4. The third-order valence-electron chi connectivity index (χ3n) is 3.17. The van der Waals surface area contributed by atoms with Crippen molar-refractivity contribution in [3.63, 3.8) is 0 Å². The lowest BCUT2D eigenvalue weighted by atomic mass is 10.0. The lowest BCUT2D eigenvalue weighted by Crippen LogP contribution is -2.45. The number of rotatable bonds is 6. The van der Waals surface area contributed by atoms with Gasteiger partial charge in [-0.25, -0.2) is 8.78 Å². The highest BCUT2D eigenvalue weighted by Crippen LogP contribution is 2.27. The number of hydrogen-bond donors (Lipinski definition) is 2. The first kappa shape index (κ1) is 20.3. The smallest absolute Gasteiger partial charge is 0.309 e. The molecule has 1 aromatic rings. The summed E-state index contributed by atoms with van der Waals surface area (Å²) in [5.74, 6) is -4.83. The zero-order valence-corrected chi connectivity index (χ0v) is 14.3. The molecular weight excluding hydrogens is 318 g/mol. The van der Waals surface area contributed by atoms with Gasteiger partial charge in [0.2, 0.25) is 0 Å². The Balaban J connectivity index is 2.70. The van der Waals surface area contributed by atoms with E-state index >= 15 is 0 Å². The number of aliphatic hydroxyl groups is 2. The second kappa shape index (κ2) is 7.85. The molecule has 0 aliphatic rings. The van der Waals surface area contributed by atoms with E-state index in [1.165, 1.54) is 6.08 Å². The minimum atomic E-state index is -3.88. The summed E-state index contributed by atoms with van der Waals surface area (Å²) in [5, 5.41) is 19.3. The van der Waals surface area contributed by atoms with Gasteiger partial charge in [0.25, 0.3) is 0 Å². The van der Waals surface area contributed by atoms with Crippen LogP contribution in [0.2, 0.25) is 0 Å². The molecule has 2 unspecified atom stereocenters. The van der Waals surface area contributed by atoms with Crippen LogP contribution in [0.25, 0.3) is 6.08 Å². The number of alkyl halides is 2. The maximum Gasteiger partial charge on any atom is 0.309 e. The molecule has 1 rings (SSSR count). The van der Waals surface area contributed by atoms with E-state index in [2.05, 4.69) is 0 Å². The van der Waals surface area contributed by atoms with Crippen LogP contribution >= 0.6 is 0 Å². The largest absolute Gasteiger partial charge is 0.460 e. The number of ether oxygens (including phenoxy) is 1. The topological polar surface area (TPSA) is 66.8 Å². The molecule has 2 atom stereocenters. The zero-order valence-electron chi connectivity index (χ0n) is 14.3. The third-order valence-corrected chi connectivity index (χ3v) is 3.17. The van der Waals surface area contributed by atoms with Crippen molar-refractivity contribution in [3.8, 4) is 0 Å². The number of carbonyl (C=O) groups excluding carboxylic acids is 1. The molecule has 2 N–H and O–H groups in total. The standard InChI is InChI=1S/C18H24F2O4/c1-12-5-7-13(8-6-12)9-10-14(21)18(19,20)15(22)11-16(23)24-17(2,3)4/h5-10,14-15,21-22H,11H2,1-4H3/b10-9+. The quantitative estimate of drug-likeness (QED) is 0.780. The average Bonchev–Trinajstić information content (AvgIpc) is 2.44. The molecule has 0 amide bonds. The van der Waals surface area contributed by atoms with E-state index in [0.29, 0.717) is 5.56 Å². The van der Waals surface area contributed by atoms with Crippen LogP contribution in [0.5, 0.6) is 0 Å². The molecule has 0 fully saturated rings. The van der Waals surface area contributed by atoms with Gasteiger partial charge in [-0.3, -0.25) is 4.79 Å². The van der Waals surface area contributed by atoms with Crippen LogP contribution in [0.15, 0.2) is 30.3 Å². The first-order valence-electron chi connectivity index (χ1n) is 7.62. The SMILES string of the molecule is Cc1ccc(/C=C/C(O)C(F)(F)C(O)CC(=O)OC(C)(C)C)cc1. The fraction of sp³-hybridized carbons (Fsp3) is 0.500. The summed E-state index contributed by atoms with van der Waals surface area (Å²) >= 11 is 0. The predicted molar refractivity (Wildman–Crippen MR) is 87.6 cm³/mol. The van der Waals surface area contributed by atoms with Gasteiger partial charge in [0.1, 0.15) is 17.8 Å². The molecule has 6 heteroatoms. The Labute approximate surface area is 140 Å². The molecule has 0 aromatic heterocycles. The summed E-state index contributed by atoms with van der Waals surface area (Å²) < 4.78 is 32.9. The van der Waals surface area contributed by atoms with Crippen LogP contribution in [0, 0.1) is 6.92 Å². The molecular formula is C18H24F2O4. The monoisotopic (exact) mass is 342 g/mol. The van der Waals surface area contributed by atoms with Gasteiger partial charge < -0.3 is 14.9 Å². The second-order valence-corrected chi connectivity index (χ2v) is 6.70. The van der Waals surface area contributed by atoms with Crippen molar-refractivity contribution < 1.29 is 28.5 Å². The van der Waals surface area contributed by atoms with Crippen molar-refractivity contribution >= 4 is 12.0 Å². The summed E-state index contributed by atoms with van der Waals surface area (Å²) in [7, 11) is 0. The summed E-state index contributed by atoms with van der Waals surface area (Å²) in [6.45, 7) is 6.67. The molecule has 0 spiro atoms. The Morgan fingerprint density at radius 2 is 1.75 bits per heavy atom. The van der Waals surface area contributed by atoms with Gasteiger partial charge in [-0.05, 0) is 39.3 Å². The number of carbonyl (C=O) groups is 1. The summed E-state index contributed by atoms with van der Waals surface area (Å²) in [6.07, 6.45) is -3.25. The maximum atomic E-state index is 14.0. The van der Waals surface area contributed by atoms with Gasteiger partial charge in [-0.15, -0.1) is 0 Å². The highest BCUT2D eigenvalue weighted by Gasteiger charge is 2.46. The minimum absolute atomic E-state index is 0.636. The Bertz CT molecular complexity index is 574. The van der Waals surface area contributed by atoms with Crippen molar-refractivity contribution in [2.75, 3.05) is 0 Å². The van der Waals surface area contributed by atoms with E-state index < -0.39 is 36.1 Å². The van der Waals surface area contributed by atoms with Crippen LogP contribution < -0.4 is 0 Å². The van der Waals surface area contributed by atoms with Crippen molar-refractivity contribution in [2.24, 2.45) is 0 Å². The van der Waals surface area contributed by atoms with Crippen LogP contribution in [0.3, 0.4) is 0 Å². The van der Waals surface area contributed by atoms with Crippen LogP contribution in [-0.4, -0.2) is 39.9 Å². The fourth-order valence-corrected chi connectivity index (χ4v) is 1.88. The lowest BCUT2D eigenvalue weighted by molar-refractivity contribution is -0.180. The molecule has 24 heavy (non-hydrogen) atoms. The molecule has 0 saturated carbocycles. The lowest BCUT2D eigenvalue weighted by Gasteiger charge is -2.26. The molecule has 134 valence electrons. The van der Waals surface area contributed by atoms with Gasteiger partial charge in [-0.1, -0.05) is 35.9 Å². The van der Waals surface area contributed by atoms with E-state index in [0.717, 1.165) is 11.6 Å². The van der Waals surface area contributed by atoms with Crippen molar-refractivity contribution in [1.82, 2.24) is 0 Å². The van der Waals surface area contributed by atoms with E-state index in [9.17, 15) is 23.8 Å². The van der Waals surface area contributed by atoms with Gasteiger partial charge in [0, 0.05) is 0 Å². The first-order valence-corrected chi connectivity index (χ1v) is 7.62. The molecule has 0 heterocycles. The van der Waals surface area contributed by atoms with Gasteiger partial charge >= 0.3 is 11.9 Å².